The monoisotopic (exact) mass is 390 g/mol. The second-order valence-corrected chi connectivity index (χ2v) is 7.74. The first kappa shape index (κ1) is 20.3. The van der Waals surface area contributed by atoms with Gasteiger partial charge in [0.15, 0.2) is 0 Å². The highest BCUT2D eigenvalue weighted by atomic mass is 16.2. The SMILES string of the molecule is CC(=O)N(C)c1ccc(NC(=O)NCC(C)(C)c2ccc3ccccc3c2)cn1. The molecule has 0 spiro atoms. The number of nitrogens with one attached hydrogen (secondary N) is 2. The van der Waals surface area contributed by atoms with Crippen molar-refractivity contribution < 1.29 is 9.59 Å². The van der Waals surface area contributed by atoms with Crippen LogP contribution in [0.1, 0.15) is 26.3 Å². The predicted molar refractivity (Wildman–Crippen MR) is 117 cm³/mol. The summed E-state index contributed by atoms with van der Waals surface area (Å²) in [7, 11) is 1.65. The number of rotatable bonds is 5. The molecule has 150 valence electrons. The highest BCUT2D eigenvalue weighted by Crippen LogP contribution is 2.26. The van der Waals surface area contributed by atoms with E-state index in [9.17, 15) is 9.59 Å². The molecule has 0 aliphatic rings. The van der Waals surface area contributed by atoms with Crippen molar-refractivity contribution in [1.29, 1.82) is 0 Å². The number of anilines is 2. The summed E-state index contributed by atoms with van der Waals surface area (Å²) in [5, 5.41) is 8.09. The summed E-state index contributed by atoms with van der Waals surface area (Å²) < 4.78 is 0. The number of aromatic nitrogens is 1. The number of benzene rings is 2. The van der Waals surface area contributed by atoms with E-state index in [4.69, 9.17) is 0 Å². The lowest BCUT2D eigenvalue weighted by molar-refractivity contribution is -0.116. The van der Waals surface area contributed by atoms with Crippen LogP contribution in [0.25, 0.3) is 10.8 Å². The largest absolute Gasteiger partial charge is 0.337 e. The van der Waals surface area contributed by atoms with Crippen LogP contribution in [0.2, 0.25) is 0 Å². The smallest absolute Gasteiger partial charge is 0.319 e. The van der Waals surface area contributed by atoms with Crippen LogP contribution in [0, 0.1) is 0 Å². The molecule has 0 aliphatic carbocycles. The Kier molecular flexibility index (Phi) is 5.82. The Morgan fingerprint density at radius 1 is 1.03 bits per heavy atom. The maximum Gasteiger partial charge on any atom is 0.319 e. The summed E-state index contributed by atoms with van der Waals surface area (Å²) in [6.07, 6.45) is 1.53. The summed E-state index contributed by atoms with van der Waals surface area (Å²) in [4.78, 5) is 29.3. The topological polar surface area (TPSA) is 74.3 Å². The minimum absolute atomic E-state index is 0.105. The third-order valence-corrected chi connectivity index (χ3v) is 5.04. The van der Waals surface area contributed by atoms with Gasteiger partial charge < -0.3 is 15.5 Å². The van der Waals surface area contributed by atoms with Crippen LogP contribution >= 0.6 is 0 Å². The van der Waals surface area contributed by atoms with Crippen molar-refractivity contribution in [3.8, 4) is 0 Å². The average Bonchev–Trinajstić information content (AvgIpc) is 2.72. The van der Waals surface area contributed by atoms with Gasteiger partial charge in [0.1, 0.15) is 5.82 Å². The van der Waals surface area contributed by atoms with E-state index in [1.807, 2.05) is 12.1 Å². The molecule has 3 amide bonds. The zero-order valence-electron chi connectivity index (χ0n) is 17.2. The van der Waals surface area contributed by atoms with Gasteiger partial charge in [0.05, 0.1) is 11.9 Å². The first-order chi connectivity index (χ1) is 13.8. The van der Waals surface area contributed by atoms with E-state index >= 15 is 0 Å². The normalized spacial score (nSPS) is 11.2. The Morgan fingerprint density at radius 2 is 1.76 bits per heavy atom. The van der Waals surface area contributed by atoms with Crippen LogP contribution in [0.15, 0.2) is 60.8 Å². The van der Waals surface area contributed by atoms with Crippen molar-refractivity contribution in [3.63, 3.8) is 0 Å². The molecule has 0 atom stereocenters. The van der Waals surface area contributed by atoms with E-state index in [1.165, 1.54) is 28.8 Å². The van der Waals surface area contributed by atoms with Crippen molar-refractivity contribution in [2.75, 3.05) is 23.8 Å². The molecule has 29 heavy (non-hydrogen) atoms. The Morgan fingerprint density at radius 3 is 2.41 bits per heavy atom. The molecule has 0 bridgehead atoms. The van der Waals surface area contributed by atoms with Gasteiger partial charge in [0, 0.05) is 25.9 Å². The number of pyridine rings is 1. The van der Waals surface area contributed by atoms with Gasteiger partial charge in [-0.2, -0.15) is 0 Å². The molecule has 6 heteroatoms. The van der Waals surface area contributed by atoms with Crippen molar-refractivity contribution in [2.24, 2.45) is 0 Å². The fourth-order valence-corrected chi connectivity index (χ4v) is 3.01. The van der Waals surface area contributed by atoms with Crippen LogP contribution in [0.5, 0.6) is 0 Å². The maximum absolute atomic E-state index is 12.3. The molecule has 1 aromatic heterocycles. The second-order valence-electron chi connectivity index (χ2n) is 7.74. The number of carbonyl (C=O) groups excluding carboxylic acids is 2. The van der Waals surface area contributed by atoms with Gasteiger partial charge in [0.2, 0.25) is 5.91 Å². The van der Waals surface area contributed by atoms with Crippen LogP contribution in [-0.2, 0) is 10.2 Å². The molecule has 0 aliphatic heterocycles. The zero-order valence-corrected chi connectivity index (χ0v) is 17.2. The van der Waals surface area contributed by atoms with Crippen molar-refractivity contribution in [1.82, 2.24) is 10.3 Å². The molecule has 1 heterocycles. The van der Waals surface area contributed by atoms with Gasteiger partial charge in [-0.1, -0.05) is 56.3 Å². The summed E-state index contributed by atoms with van der Waals surface area (Å²) >= 11 is 0. The van der Waals surface area contributed by atoms with Crippen molar-refractivity contribution in [2.45, 2.75) is 26.2 Å². The Bertz CT molecular complexity index is 1030. The second kappa shape index (κ2) is 8.31. The maximum atomic E-state index is 12.3. The van der Waals surface area contributed by atoms with Gasteiger partial charge in [-0.05, 0) is 28.5 Å². The Hall–Kier alpha value is -3.41. The van der Waals surface area contributed by atoms with E-state index in [0.29, 0.717) is 18.1 Å². The Balaban J connectivity index is 1.60. The number of fused-ring (bicyclic) bond motifs is 1. The van der Waals surface area contributed by atoms with Gasteiger partial charge in [-0.25, -0.2) is 9.78 Å². The minimum atomic E-state index is -0.298. The molecular formula is C23H26N4O2. The van der Waals surface area contributed by atoms with E-state index in [-0.39, 0.29) is 17.4 Å². The zero-order chi connectivity index (χ0) is 21.0. The fraction of sp³-hybridized carbons (Fsp3) is 0.261. The lowest BCUT2D eigenvalue weighted by Crippen LogP contribution is -2.39. The lowest BCUT2D eigenvalue weighted by Gasteiger charge is -2.26. The van der Waals surface area contributed by atoms with E-state index < -0.39 is 0 Å². The van der Waals surface area contributed by atoms with Crippen molar-refractivity contribution in [3.05, 3.63) is 66.4 Å². The molecule has 0 saturated carbocycles. The molecule has 2 aromatic carbocycles. The van der Waals surface area contributed by atoms with Crippen LogP contribution in [-0.4, -0.2) is 30.5 Å². The summed E-state index contributed by atoms with van der Waals surface area (Å²) in [6.45, 7) is 6.16. The average molecular weight is 390 g/mol. The lowest BCUT2D eigenvalue weighted by atomic mass is 9.83. The highest BCUT2D eigenvalue weighted by molar-refractivity contribution is 5.91. The molecule has 0 unspecified atom stereocenters. The fourth-order valence-electron chi connectivity index (χ4n) is 3.01. The molecule has 2 N–H and O–H groups in total. The minimum Gasteiger partial charge on any atom is -0.337 e. The van der Waals surface area contributed by atoms with E-state index in [1.54, 1.807) is 19.2 Å². The highest BCUT2D eigenvalue weighted by Gasteiger charge is 2.22. The van der Waals surface area contributed by atoms with Gasteiger partial charge in [-0.15, -0.1) is 0 Å². The number of hydrogen-bond acceptors (Lipinski definition) is 3. The van der Waals surface area contributed by atoms with Crippen LogP contribution in [0.3, 0.4) is 0 Å². The molecule has 3 aromatic rings. The van der Waals surface area contributed by atoms with Gasteiger partial charge in [0.25, 0.3) is 0 Å². The number of amides is 3. The van der Waals surface area contributed by atoms with Crippen LogP contribution < -0.4 is 15.5 Å². The predicted octanol–water partition coefficient (Wildman–Crippen LogP) is 4.32. The van der Waals surface area contributed by atoms with Gasteiger partial charge in [-0.3, -0.25) is 4.79 Å². The first-order valence-corrected chi connectivity index (χ1v) is 9.51. The number of carbonyl (C=O) groups is 2. The molecular weight excluding hydrogens is 364 g/mol. The third kappa shape index (κ3) is 4.90. The van der Waals surface area contributed by atoms with Gasteiger partial charge >= 0.3 is 6.03 Å². The molecule has 0 saturated heterocycles. The molecule has 3 rings (SSSR count). The number of hydrogen-bond donors (Lipinski definition) is 2. The molecule has 0 fully saturated rings. The summed E-state index contributed by atoms with van der Waals surface area (Å²) in [6, 6.07) is 17.7. The Labute approximate surface area is 170 Å². The first-order valence-electron chi connectivity index (χ1n) is 9.51. The summed E-state index contributed by atoms with van der Waals surface area (Å²) in [5.41, 5.74) is 1.50. The standard InChI is InChI=1S/C23H26N4O2/c1-16(28)27(4)21-12-11-20(14-24-21)26-22(29)25-15-23(2,3)19-10-9-17-7-5-6-8-18(17)13-19/h5-14H,15H2,1-4H3,(H2,25,26,29). The van der Waals surface area contributed by atoms with Crippen molar-refractivity contribution >= 4 is 34.2 Å². The van der Waals surface area contributed by atoms with Crippen LogP contribution in [0.4, 0.5) is 16.3 Å². The molecule has 0 radical (unpaired) electrons. The third-order valence-electron chi connectivity index (χ3n) is 5.04. The number of nitrogens with zero attached hydrogens (tertiary/aromatic N) is 2. The summed E-state index contributed by atoms with van der Waals surface area (Å²) in [5.74, 6) is 0.424. The van der Waals surface area contributed by atoms with E-state index in [0.717, 1.165) is 5.56 Å². The molecule has 6 nitrogen and oxygen atoms in total. The quantitative estimate of drug-likeness (QED) is 0.681. The van der Waals surface area contributed by atoms with E-state index in [2.05, 4.69) is 59.8 Å². The number of urea groups is 1.